The first-order valence-corrected chi connectivity index (χ1v) is 13.4. The van der Waals surface area contributed by atoms with Crippen molar-refractivity contribution in [1.29, 1.82) is 0 Å². The largest absolute Gasteiger partial charge is 0.573 e. The van der Waals surface area contributed by atoms with Crippen LogP contribution < -0.4 is 9.47 Å². The van der Waals surface area contributed by atoms with Crippen LogP contribution in [0.3, 0.4) is 0 Å². The van der Waals surface area contributed by atoms with Crippen LogP contribution in [0.5, 0.6) is 11.5 Å². The van der Waals surface area contributed by atoms with Gasteiger partial charge < -0.3 is 18.7 Å². The third-order valence-electron chi connectivity index (χ3n) is 5.86. The summed E-state index contributed by atoms with van der Waals surface area (Å²) < 4.78 is 54.4. The van der Waals surface area contributed by atoms with Crippen molar-refractivity contribution in [3.8, 4) is 22.6 Å². The van der Waals surface area contributed by atoms with Gasteiger partial charge in [-0.2, -0.15) is 0 Å². The molecule has 0 saturated carbocycles. The molecule has 0 atom stereocenters. The van der Waals surface area contributed by atoms with E-state index >= 15 is 0 Å². The molecule has 3 aromatic carbocycles. The van der Waals surface area contributed by atoms with E-state index in [1.165, 1.54) is 23.9 Å². The summed E-state index contributed by atoms with van der Waals surface area (Å²) in [5.41, 5.74) is 2.59. The van der Waals surface area contributed by atoms with Crippen LogP contribution >= 0.6 is 11.8 Å². The van der Waals surface area contributed by atoms with Crippen LogP contribution in [0, 0.1) is 0 Å². The van der Waals surface area contributed by atoms with Crippen molar-refractivity contribution in [2.24, 2.45) is 0 Å². The van der Waals surface area contributed by atoms with Crippen LogP contribution in [0.1, 0.15) is 16.1 Å². The molecule has 0 saturated heterocycles. The van der Waals surface area contributed by atoms with Crippen LogP contribution in [0.2, 0.25) is 0 Å². The van der Waals surface area contributed by atoms with Gasteiger partial charge >= 0.3 is 12.3 Å². The van der Waals surface area contributed by atoms with E-state index in [2.05, 4.69) is 15.0 Å². The normalized spacial score (nSPS) is 11.8. The van der Waals surface area contributed by atoms with E-state index in [0.717, 1.165) is 27.3 Å². The predicted molar refractivity (Wildman–Crippen MR) is 148 cm³/mol. The summed E-state index contributed by atoms with van der Waals surface area (Å²) in [7, 11) is 7.62. The number of aromatic nitrogens is 3. The number of ether oxygens (including phenoxy) is 3. The van der Waals surface area contributed by atoms with E-state index in [1.807, 2.05) is 69.7 Å². The van der Waals surface area contributed by atoms with Crippen molar-refractivity contribution < 1.29 is 36.7 Å². The van der Waals surface area contributed by atoms with Crippen LogP contribution in [-0.2, 0) is 11.3 Å². The minimum absolute atomic E-state index is 0.120. The van der Waals surface area contributed by atoms with Gasteiger partial charge in [0.25, 0.3) is 0 Å². The topological polar surface area (TPSA) is 75.5 Å². The lowest BCUT2D eigenvalue weighted by Gasteiger charge is -2.23. The maximum Gasteiger partial charge on any atom is 0.573 e. The molecular formula is C29H30F3N4O4S+. The van der Waals surface area contributed by atoms with Crippen molar-refractivity contribution in [3.63, 3.8) is 0 Å². The van der Waals surface area contributed by atoms with Crippen molar-refractivity contribution in [3.05, 3.63) is 84.1 Å². The number of rotatable bonds is 11. The zero-order valence-electron chi connectivity index (χ0n) is 23.0. The number of benzene rings is 3. The van der Waals surface area contributed by atoms with Gasteiger partial charge in [0.15, 0.2) is 0 Å². The summed E-state index contributed by atoms with van der Waals surface area (Å²) in [6.07, 6.45) is -4.74. The van der Waals surface area contributed by atoms with Gasteiger partial charge in [-0.05, 0) is 53.1 Å². The van der Waals surface area contributed by atoms with E-state index in [4.69, 9.17) is 9.47 Å². The number of carbonyl (C=O) groups excluding carboxylic acids is 1. The third-order valence-corrected chi connectivity index (χ3v) is 6.97. The molecule has 0 aliphatic rings. The van der Waals surface area contributed by atoms with E-state index in [1.54, 1.807) is 23.9 Å². The number of halogens is 3. The summed E-state index contributed by atoms with van der Waals surface area (Å²) in [6, 6.07) is 20.6. The molecule has 216 valence electrons. The molecule has 0 bridgehead atoms. The number of esters is 1. The van der Waals surface area contributed by atoms with Gasteiger partial charge in [-0.15, -0.1) is 18.3 Å². The highest BCUT2D eigenvalue weighted by Crippen LogP contribution is 2.33. The fourth-order valence-electron chi connectivity index (χ4n) is 3.70. The second-order valence-corrected chi connectivity index (χ2v) is 11.2. The molecule has 4 aromatic rings. The average molecular weight is 588 g/mol. The lowest BCUT2D eigenvalue weighted by Crippen LogP contribution is -2.38. The maximum atomic E-state index is 13.0. The second-order valence-electron chi connectivity index (χ2n) is 10.1. The van der Waals surface area contributed by atoms with Gasteiger partial charge in [-0.25, -0.2) is 9.48 Å². The van der Waals surface area contributed by atoms with Gasteiger partial charge in [-0.1, -0.05) is 53.4 Å². The van der Waals surface area contributed by atoms with E-state index in [-0.39, 0.29) is 18.1 Å². The van der Waals surface area contributed by atoms with Crippen LogP contribution in [0.25, 0.3) is 11.1 Å². The van der Waals surface area contributed by atoms with Gasteiger partial charge in [-0.3, -0.25) is 0 Å². The molecule has 0 amide bonds. The molecule has 12 heteroatoms. The van der Waals surface area contributed by atoms with Gasteiger partial charge in [0.2, 0.25) is 5.69 Å². The lowest BCUT2D eigenvalue weighted by molar-refractivity contribution is -0.870. The van der Waals surface area contributed by atoms with Gasteiger partial charge in [0.1, 0.15) is 29.7 Å². The van der Waals surface area contributed by atoms with Crippen molar-refractivity contribution >= 4 is 17.7 Å². The number of nitrogens with zero attached hydrogens (tertiary/aromatic N) is 4. The summed E-state index contributed by atoms with van der Waals surface area (Å²) in [5, 5.41) is 8.92. The van der Waals surface area contributed by atoms with Crippen LogP contribution in [0.15, 0.2) is 82.7 Å². The van der Waals surface area contributed by atoms with Gasteiger partial charge in [0, 0.05) is 4.90 Å². The molecule has 0 spiro atoms. The SMILES string of the molecule is COc1ccc(Cn2nnc(C(=O)OCC[N+](C)(C)C)c2Sc2ccc(-c3ccc(OC(F)(F)F)cc3)cc2)cc1. The number of alkyl halides is 3. The number of hydrogen-bond acceptors (Lipinski definition) is 7. The highest BCUT2D eigenvalue weighted by molar-refractivity contribution is 7.99. The van der Waals surface area contributed by atoms with Crippen molar-refractivity contribution in [2.75, 3.05) is 41.4 Å². The Morgan fingerprint density at radius 1 is 0.902 bits per heavy atom. The second kappa shape index (κ2) is 12.6. The van der Waals surface area contributed by atoms with Gasteiger partial charge in [0.05, 0.1) is 34.8 Å². The molecule has 0 aliphatic heterocycles. The smallest absolute Gasteiger partial charge is 0.497 e. The molecule has 0 aliphatic carbocycles. The standard InChI is InChI=1S/C29H30F3N4O4S/c1-36(2,3)17-18-39-28(37)26-27(35(34-33-26)19-20-5-11-23(38-4)12-6-20)41-25-15-9-22(10-16-25)21-7-13-24(14-8-21)40-29(30,31)32/h5-16H,17-19H2,1-4H3/q+1. The van der Waals surface area contributed by atoms with Crippen LogP contribution in [-0.4, -0.2) is 73.2 Å². The Labute approximate surface area is 240 Å². The fraction of sp³-hybridized carbons (Fsp3) is 0.276. The number of methoxy groups -OCH3 is 1. The zero-order chi connectivity index (χ0) is 29.6. The van der Waals surface area contributed by atoms with Crippen molar-refractivity contribution in [2.45, 2.75) is 22.8 Å². The predicted octanol–water partition coefficient (Wildman–Crippen LogP) is 5.91. The Balaban J connectivity index is 1.55. The molecule has 1 heterocycles. The van der Waals surface area contributed by atoms with E-state index < -0.39 is 12.3 Å². The van der Waals surface area contributed by atoms with E-state index in [9.17, 15) is 18.0 Å². The number of likely N-dealkylation sites (N-methyl/N-ethyl adjacent to an activating group) is 1. The minimum atomic E-state index is -4.74. The summed E-state index contributed by atoms with van der Waals surface area (Å²) in [5.74, 6) is -0.113. The third kappa shape index (κ3) is 8.73. The molecule has 0 radical (unpaired) electrons. The number of carbonyl (C=O) groups is 1. The molecular weight excluding hydrogens is 557 g/mol. The first kappa shape index (κ1) is 29.9. The average Bonchev–Trinajstić information content (AvgIpc) is 3.30. The summed E-state index contributed by atoms with van der Waals surface area (Å²) in [4.78, 5) is 13.8. The summed E-state index contributed by atoms with van der Waals surface area (Å²) in [6.45, 7) is 1.24. The first-order chi connectivity index (χ1) is 19.4. The molecule has 0 N–H and O–H groups in total. The molecule has 0 unspecified atom stereocenters. The molecule has 8 nitrogen and oxygen atoms in total. The summed E-state index contributed by atoms with van der Waals surface area (Å²) >= 11 is 1.32. The molecule has 41 heavy (non-hydrogen) atoms. The minimum Gasteiger partial charge on any atom is -0.497 e. The number of quaternary nitrogens is 1. The molecule has 4 rings (SSSR count). The Hall–Kier alpha value is -4.03. The highest BCUT2D eigenvalue weighted by atomic mass is 32.2. The Kier molecular flexibility index (Phi) is 9.24. The van der Waals surface area contributed by atoms with Crippen molar-refractivity contribution in [1.82, 2.24) is 15.0 Å². The molecule has 0 fully saturated rings. The first-order valence-electron chi connectivity index (χ1n) is 12.6. The monoisotopic (exact) mass is 587 g/mol. The van der Waals surface area contributed by atoms with E-state index in [0.29, 0.717) is 22.6 Å². The maximum absolute atomic E-state index is 13.0. The number of hydrogen-bond donors (Lipinski definition) is 0. The quantitative estimate of drug-likeness (QED) is 0.159. The Bertz CT molecular complexity index is 1450. The lowest BCUT2D eigenvalue weighted by atomic mass is 10.1. The fourth-order valence-corrected chi connectivity index (χ4v) is 4.62. The molecule has 1 aromatic heterocycles. The Morgan fingerprint density at radius 3 is 2.05 bits per heavy atom. The Morgan fingerprint density at radius 2 is 1.49 bits per heavy atom. The zero-order valence-corrected chi connectivity index (χ0v) is 23.8. The van der Waals surface area contributed by atoms with Crippen LogP contribution in [0.4, 0.5) is 13.2 Å². The highest BCUT2D eigenvalue weighted by Gasteiger charge is 2.31.